The van der Waals surface area contributed by atoms with E-state index in [1.54, 1.807) is 49.4 Å². The van der Waals surface area contributed by atoms with Gasteiger partial charge >= 0.3 is 0 Å². The number of aryl methyl sites for hydroxylation is 2. The van der Waals surface area contributed by atoms with Gasteiger partial charge in [-0.3, -0.25) is 14.4 Å². The van der Waals surface area contributed by atoms with Crippen molar-refractivity contribution in [2.45, 2.75) is 13.8 Å². The average molecular weight is 418 g/mol. The van der Waals surface area contributed by atoms with Gasteiger partial charge in [-0.25, -0.2) is 4.39 Å². The first kappa shape index (κ1) is 21.9. The van der Waals surface area contributed by atoms with Gasteiger partial charge in [0.1, 0.15) is 5.82 Å². The molecule has 0 atom stereocenters. The highest BCUT2D eigenvalue weighted by Crippen LogP contribution is 2.15. The van der Waals surface area contributed by atoms with Crippen molar-refractivity contribution in [2.24, 2.45) is 0 Å². The predicted octanol–water partition coefficient (Wildman–Crippen LogP) is 3.83. The number of rotatable bonds is 7. The van der Waals surface area contributed by atoms with Crippen molar-refractivity contribution in [3.8, 4) is 0 Å². The fourth-order valence-corrected chi connectivity index (χ4v) is 3.02. The summed E-state index contributed by atoms with van der Waals surface area (Å²) in [4.78, 5) is 37.6. The Morgan fingerprint density at radius 2 is 1.32 bits per heavy atom. The molecule has 0 radical (unpaired) electrons. The molecule has 5 nitrogen and oxygen atoms in total. The van der Waals surface area contributed by atoms with E-state index in [1.807, 2.05) is 19.1 Å². The van der Waals surface area contributed by atoms with Gasteiger partial charge in [-0.2, -0.15) is 0 Å². The van der Waals surface area contributed by atoms with Gasteiger partial charge in [0.15, 0.2) is 5.78 Å². The summed E-state index contributed by atoms with van der Waals surface area (Å²) in [6.45, 7) is 3.87. The van der Waals surface area contributed by atoms with Gasteiger partial charge in [-0.05, 0) is 37.6 Å². The second-order valence-electron chi connectivity index (χ2n) is 7.22. The van der Waals surface area contributed by atoms with E-state index in [0.29, 0.717) is 16.7 Å². The second kappa shape index (κ2) is 9.80. The van der Waals surface area contributed by atoms with Crippen LogP contribution in [-0.4, -0.2) is 30.7 Å². The zero-order chi connectivity index (χ0) is 22.4. The molecule has 0 heterocycles. The van der Waals surface area contributed by atoms with Crippen LogP contribution in [0.1, 0.15) is 47.8 Å². The first-order valence-corrected chi connectivity index (χ1v) is 9.90. The molecule has 0 aliphatic rings. The number of carbonyl (C=O) groups excluding carboxylic acids is 3. The Hall–Kier alpha value is -3.80. The molecule has 3 aromatic rings. The second-order valence-corrected chi connectivity index (χ2v) is 7.22. The van der Waals surface area contributed by atoms with Crippen molar-refractivity contribution in [1.82, 2.24) is 10.6 Å². The highest BCUT2D eigenvalue weighted by molar-refractivity contribution is 6.15. The van der Waals surface area contributed by atoms with Crippen molar-refractivity contribution in [1.29, 1.82) is 0 Å². The molecule has 3 rings (SSSR count). The van der Waals surface area contributed by atoms with E-state index in [9.17, 15) is 18.8 Å². The maximum Gasteiger partial charge on any atom is 0.252 e. The third-order valence-corrected chi connectivity index (χ3v) is 4.86. The molecule has 0 aromatic heterocycles. The molecule has 0 aliphatic carbocycles. The zero-order valence-electron chi connectivity index (χ0n) is 17.4. The van der Waals surface area contributed by atoms with Crippen LogP contribution < -0.4 is 10.6 Å². The molecule has 0 unspecified atom stereocenters. The number of carbonyl (C=O) groups is 3. The molecule has 0 saturated carbocycles. The van der Waals surface area contributed by atoms with Crippen LogP contribution in [0.15, 0.2) is 66.7 Å². The number of nitrogens with one attached hydrogen (secondary N) is 2. The quantitative estimate of drug-likeness (QED) is 0.452. The number of hydrogen-bond acceptors (Lipinski definition) is 3. The summed E-state index contributed by atoms with van der Waals surface area (Å²) in [6.07, 6.45) is 0. The minimum atomic E-state index is -0.448. The van der Waals surface area contributed by atoms with Crippen LogP contribution in [0.2, 0.25) is 0 Å². The van der Waals surface area contributed by atoms with Gasteiger partial charge in [0.2, 0.25) is 0 Å². The number of ketones is 1. The van der Waals surface area contributed by atoms with Crippen molar-refractivity contribution < 1.29 is 18.8 Å². The van der Waals surface area contributed by atoms with E-state index in [0.717, 1.165) is 5.56 Å². The largest absolute Gasteiger partial charge is 0.350 e. The van der Waals surface area contributed by atoms with Crippen LogP contribution in [0.25, 0.3) is 0 Å². The van der Waals surface area contributed by atoms with Crippen molar-refractivity contribution in [2.75, 3.05) is 13.1 Å². The van der Waals surface area contributed by atoms with Crippen LogP contribution in [-0.2, 0) is 0 Å². The average Bonchev–Trinajstić information content (AvgIpc) is 2.78. The third kappa shape index (κ3) is 5.42. The molecule has 6 heteroatoms. The summed E-state index contributed by atoms with van der Waals surface area (Å²) in [7, 11) is 0. The molecular formula is C25H23FN2O3. The molecule has 2 amide bonds. The number of amides is 2. The van der Waals surface area contributed by atoms with E-state index < -0.39 is 17.6 Å². The predicted molar refractivity (Wildman–Crippen MR) is 117 cm³/mol. The van der Waals surface area contributed by atoms with Gasteiger partial charge < -0.3 is 10.6 Å². The first-order valence-electron chi connectivity index (χ1n) is 9.90. The van der Waals surface area contributed by atoms with Gasteiger partial charge in [-0.15, -0.1) is 0 Å². The lowest BCUT2D eigenvalue weighted by atomic mass is 9.97. The smallest absolute Gasteiger partial charge is 0.252 e. The SMILES string of the molecule is Cc1ccc(C(=O)c2ccccc2C(=O)NCCNC(=O)c2ccc(C)c(F)c2)cc1. The summed E-state index contributed by atoms with van der Waals surface area (Å²) in [5.41, 5.74) is 2.79. The zero-order valence-corrected chi connectivity index (χ0v) is 17.4. The molecule has 2 N–H and O–H groups in total. The Labute approximate surface area is 180 Å². The van der Waals surface area contributed by atoms with Crippen LogP contribution in [0, 0.1) is 19.7 Å². The van der Waals surface area contributed by atoms with Gasteiger partial charge in [0.05, 0.1) is 5.56 Å². The van der Waals surface area contributed by atoms with E-state index >= 15 is 0 Å². The summed E-state index contributed by atoms with van der Waals surface area (Å²) < 4.78 is 13.6. The maximum atomic E-state index is 13.6. The Balaban J connectivity index is 1.60. The van der Waals surface area contributed by atoms with Gasteiger partial charge in [0, 0.05) is 29.8 Å². The van der Waals surface area contributed by atoms with Crippen LogP contribution in [0.4, 0.5) is 4.39 Å². The molecule has 158 valence electrons. The highest BCUT2D eigenvalue weighted by Gasteiger charge is 2.18. The molecule has 0 saturated heterocycles. The Morgan fingerprint density at radius 3 is 1.97 bits per heavy atom. The number of benzene rings is 3. The lowest BCUT2D eigenvalue weighted by Gasteiger charge is -2.11. The minimum Gasteiger partial charge on any atom is -0.350 e. The monoisotopic (exact) mass is 418 g/mol. The first-order chi connectivity index (χ1) is 14.9. The lowest BCUT2D eigenvalue weighted by molar-refractivity contribution is 0.0924. The summed E-state index contributed by atoms with van der Waals surface area (Å²) in [5, 5.41) is 5.34. The lowest BCUT2D eigenvalue weighted by Crippen LogP contribution is -2.35. The Bertz CT molecular complexity index is 1120. The van der Waals surface area contributed by atoms with Crippen LogP contribution in [0.5, 0.6) is 0 Å². The fraction of sp³-hybridized carbons (Fsp3) is 0.160. The fourth-order valence-electron chi connectivity index (χ4n) is 3.02. The van der Waals surface area contributed by atoms with E-state index in [1.165, 1.54) is 12.1 Å². The van der Waals surface area contributed by atoms with E-state index in [-0.39, 0.29) is 30.0 Å². The van der Waals surface area contributed by atoms with E-state index in [4.69, 9.17) is 0 Å². The van der Waals surface area contributed by atoms with E-state index in [2.05, 4.69) is 10.6 Å². The van der Waals surface area contributed by atoms with Crippen molar-refractivity contribution in [3.05, 3.63) is 106 Å². The topological polar surface area (TPSA) is 75.3 Å². The molecule has 31 heavy (non-hydrogen) atoms. The van der Waals surface area contributed by atoms with Gasteiger partial charge in [-0.1, -0.05) is 54.1 Å². The molecule has 3 aromatic carbocycles. The molecule has 0 aliphatic heterocycles. The van der Waals surface area contributed by atoms with Gasteiger partial charge in [0.25, 0.3) is 11.8 Å². The third-order valence-electron chi connectivity index (χ3n) is 4.86. The molecule has 0 bridgehead atoms. The van der Waals surface area contributed by atoms with Crippen LogP contribution >= 0.6 is 0 Å². The van der Waals surface area contributed by atoms with Crippen LogP contribution in [0.3, 0.4) is 0 Å². The normalized spacial score (nSPS) is 10.4. The highest BCUT2D eigenvalue weighted by atomic mass is 19.1. The Morgan fingerprint density at radius 1 is 0.742 bits per heavy atom. The summed E-state index contributed by atoms with van der Waals surface area (Å²) in [5.74, 6) is -1.52. The maximum absolute atomic E-state index is 13.6. The number of hydrogen-bond donors (Lipinski definition) is 2. The number of halogens is 1. The summed E-state index contributed by atoms with van der Waals surface area (Å²) >= 11 is 0. The standard InChI is InChI=1S/C25H23FN2O3/c1-16-7-10-18(11-8-16)23(29)20-5-3-4-6-21(20)25(31)28-14-13-27-24(30)19-12-9-17(2)22(26)15-19/h3-12,15H,13-14H2,1-2H3,(H,27,30)(H,28,31). The van der Waals surface area contributed by atoms with Crippen molar-refractivity contribution in [3.63, 3.8) is 0 Å². The molecular weight excluding hydrogens is 395 g/mol. The summed E-state index contributed by atoms with van der Waals surface area (Å²) in [6, 6.07) is 18.0. The minimum absolute atomic E-state index is 0.159. The molecule has 0 fully saturated rings. The Kier molecular flexibility index (Phi) is 6.92. The van der Waals surface area contributed by atoms with Crippen molar-refractivity contribution >= 4 is 17.6 Å². The molecule has 0 spiro atoms.